The smallest absolute Gasteiger partial charge is 0.411 e. The summed E-state index contributed by atoms with van der Waals surface area (Å²) in [6, 6.07) is 6.71. The highest BCUT2D eigenvalue weighted by atomic mass is 16.5. The molecule has 1 unspecified atom stereocenters. The van der Waals surface area contributed by atoms with E-state index in [0.29, 0.717) is 18.0 Å². The fraction of sp³-hybridized carbons (Fsp3) is 0.429. The second-order valence-electron chi connectivity index (χ2n) is 4.27. The molecule has 7 heteroatoms. The quantitative estimate of drug-likeness (QED) is 0.708. The average Bonchev–Trinajstić information content (AvgIpc) is 2.47. The molecule has 0 aliphatic carbocycles. The Hall–Kier alpha value is -2.12. The Balaban J connectivity index is 2.50. The molecule has 0 fully saturated rings. The van der Waals surface area contributed by atoms with E-state index in [2.05, 4.69) is 10.6 Å². The third-order valence-electron chi connectivity index (χ3n) is 2.70. The van der Waals surface area contributed by atoms with Crippen molar-refractivity contribution in [2.75, 3.05) is 30.9 Å². The summed E-state index contributed by atoms with van der Waals surface area (Å²) in [7, 11) is 1.51. The van der Waals surface area contributed by atoms with Crippen LogP contribution in [-0.2, 0) is 14.3 Å². The lowest BCUT2D eigenvalue weighted by Crippen LogP contribution is -2.28. The van der Waals surface area contributed by atoms with E-state index in [9.17, 15) is 9.59 Å². The van der Waals surface area contributed by atoms with Crippen LogP contribution in [-0.4, -0.2) is 38.4 Å². The average molecular weight is 295 g/mol. The molecule has 0 aliphatic heterocycles. The molecule has 2 amide bonds. The molecule has 7 nitrogen and oxygen atoms in total. The molecule has 1 rings (SSSR count). The van der Waals surface area contributed by atoms with Gasteiger partial charge in [0.2, 0.25) is 5.91 Å². The monoisotopic (exact) mass is 295 g/mol. The van der Waals surface area contributed by atoms with Crippen LogP contribution in [0.2, 0.25) is 0 Å². The van der Waals surface area contributed by atoms with Gasteiger partial charge in [-0.3, -0.25) is 10.1 Å². The van der Waals surface area contributed by atoms with Crippen molar-refractivity contribution in [1.29, 1.82) is 0 Å². The van der Waals surface area contributed by atoms with Crippen molar-refractivity contribution in [1.82, 2.24) is 0 Å². The van der Waals surface area contributed by atoms with Crippen molar-refractivity contribution in [3.63, 3.8) is 0 Å². The molecule has 0 aromatic heterocycles. The first kappa shape index (κ1) is 16.9. The summed E-state index contributed by atoms with van der Waals surface area (Å²) in [4.78, 5) is 23.0. The molecule has 0 aliphatic rings. The Labute approximate surface area is 123 Å². The third-order valence-corrected chi connectivity index (χ3v) is 2.70. The van der Waals surface area contributed by atoms with Gasteiger partial charge >= 0.3 is 6.09 Å². The Morgan fingerprint density at radius 3 is 2.24 bits per heavy atom. The minimum Gasteiger partial charge on any atom is -0.450 e. The van der Waals surface area contributed by atoms with Gasteiger partial charge in [-0.15, -0.1) is 0 Å². The lowest BCUT2D eigenvalue weighted by Gasteiger charge is -2.13. The number of anilines is 2. The van der Waals surface area contributed by atoms with Crippen LogP contribution in [0.4, 0.5) is 16.2 Å². The second kappa shape index (κ2) is 8.93. The maximum Gasteiger partial charge on any atom is 0.411 e. The van der Waals surface area contributed by atoms with Crippen LogP contribution in [0.1, 0.15) is 13.3 Å². The number of benzene rings is 1. The Morgan fingerprint density at radius 1 is 1.19 bits per heavy atom. The normalized spacial score (nSPS) is 11.6. The van der Waals surface area contributed by atoms with Crippen molar-refractivity contribution in [3.8, 4) is 0 Å². The number of carbonyl (C=O) groups excluding carboxylic acids is 2. The molecular formula is C14H21N3O4. The molecule has 0 saturated carbocycles. The second-order valence-corrected chi connectivity index (χ2v) is 4.27. The van der Waals surface area contributed by atoms with Gasteiger partial charge in [0.15, 0.2) is 0 Å². The fourth-order valence-corrected chi connectivity index (χ4v) is 1.60. The molecule has 116 valence electrons. The fourth-order valence-electron chi connectivity index (χ4n) is 1.60. The van der Waals surface area contributed by atoms with Crippen LogP contribution < -0.4 is 16.4 Å². The number of hydrogen-bond acceptors (Lipinski definition) is 5. The largest absolute Gasteiger partial charge is 0.450 e. The van der Waals surface area contributed by atoms with Crippen LogP contribution in [0.3, 0.4) is 0 Å². The number of nitrogens with two attached hydrogens (primary N) is 1. The van der Waals surface area contributed by atoms with E-state index >= 15 is 0 Å². The molecular weight excluding hydrogens is 274 g/mol. The zero-order chi connectivity index (χ0) is 15.7. The Kier molecular flexibility index (Phi) is 7.20. The van der Waals surface area contributed by atoms with E-state index in [0.717, 1.165) is 0 Å². The summed E-state index contributed by atoms with van der Waals surface area (Å²) in [6.07, 6.45) is -0.620. The first-order valence-electron chi connectivity index (χ1n) is 6.65. The third kappa shape index (κ3) is 6.24. The topological polar surface area (TPSA) is 103 Å². The van der Waals surface area contributed by atoms with Gasteiger partial charge in [0.25, 0.3) is 0 Å². The highest BCUT2D eigenvalue weighted by Crippen LogP contribution is 2.14. The van der Waals surface area contributed by atoms with Crippen molar-refractivity contribution < 1.29 is 19.1 Å². The minimum absolute atomic E-state index is 0.182. The van der Waals surface area contributed by atoms with Gasteiger partial charge < -0.3 is 20.5 Å². The molecule has 0 radical (unpaired) electrons. The number of amides is 2. The van der Waals surface area contributed by atoms with E-state index in [1.54, 1.807) is 31.2 Å². The molecule has 0 spiro atoms. The molecule has 0 heterocycles. The van der Waals surface area contributed by atoms with Crippen LogP contribution in [0.5, 0.6) is 0 Å². The van der Waals surface area contributed by atoms with E-state index in [-0.39, 0.29) is 25.0 Å². The van der Waals surface area contributed by atoms with E-state index in [1.165, 1.54) is 7.11 Å². The van der Waals surface area contributed by atoms with Crippen molar-refractivity contribution in [2.45, 2.75) is 19.4 Å². The van der Waals surface area contributed by atoms with Crippen LogP contribution in [0.15, 0.2) is 24.3 Å². The first-order valence-corrected chi connectivity index (χ1v) is 6.65. The first-order chi connectivity index (χ1) is 10.1. The molecule has 1 aromatic rings. The molecule has 4 N–H and O–H groups in total. The van der Waals surface area contributed by atoms with Crippen molar-refractivity contribution >= 4 is 23.4 Å². The summed E-state index contributed by atoms with van der Waals surface area (Å²) in [6.45, 7) is 2.32. The number of methoxy groups -OCH3 is 1. The van der Waals surface area contributed by atoms with Gasteiger partial charge in [-0.1, -0.05) is 0 Å². The lowest BCUT2D eigenvalue weighted by molar-refractivity contribution is -0.118. The molecule has 0 saturated heterocycles. The molecule has 1 aromatic carbocycles. The predicted molar refractivity (Wildman–Crippen MR) is 80.2 cm³/mol. The van der Waals surface area contributed by atoms with Crippen molar-refractivity contribution in [2.24, 2.45) is 5.73 Å². The summed E-state index contributed by atoms with van der Waals surface area (Å²) in [5.74, 6) is -0.182. The van der Waals surface area contributed by atoms with E-state index in [4.69, 9.17) is 15.2 Å². The van der Waals surface area contributed by atoms with E-state index < -0.39 is 6.09 Å². The number of hydrogen-bond donors (Lipinski definition) is 3. The predicted octanol–water partition coefficient (Wildman–Crippen LogP) is 1.56. The van der Waals surface area contributed by atoms with Crippen LogP contribution >= 0.6 is 0 Å². The maximum atomic E-state index is 11.8. The number of rotatable bonds is 7. The van der Waals surface area contributed by atoms with E-state index in [1.807, 2.05) is 0 Å². The van der Waals surface area contributed by atoms with Gasteiger partial charge in [0.05, 0.1) is 19.1 Å². The lowest BCUT2D eigenvalue weighted by atomic mass is 10.2. The van der Waals surface area contributed by atoms with Gasteiger partial charge in [0, 0.05) is 25.0 Å². The summed E-state index contributed by atoms with van der Waals surface area (Å²) >= 11 is 0. The number of carbonyl (C=O) groups is 2. The molecule has 1 atom stereocenters. The van der Waals surface area contributed by atoms with Gasteiger partial charge in [-0.05, 0) is 31.2 Å². The summed E-state index contributed by atoms with van der Waals surface area (Å²) in [5, 5.41) is 5.29. The standard InChI is InChI=1S/C14H21N3O4/c1-3-21-14(19)17-11-6-4-10(5-7-11)16-13(18)8-12(9-15)20-2/h4-7,12H,3,8-9,15H2,1-2H3,(H,16,18)(H,17,19). The minimum atomic E-state index is -0.514. The van der Waals surface area contributed by atoms with Gasteiger partial charge in [0.1, 0.15) is 0 Å². The van der Waals surface area contributed by atoms with Crippen molar-refractivity contribution in [3.05, 3.63) is 24.3 Å². The SMILES string of the molecule is CCOC(=O)Nc1ccc(NC(=O)CC(CN)OC)cc1. The number of nitrogens with one attached hydrogen (secondary N) is 2. The molecule has 21 heavy (non-hydrogen) atoms. The maximum absolute atomic E-state index is 11.8. The molecule has 0 bridgehead atoms. The Morgan fingerprint density at radius 2 is 1.76 bits per heavy atom. The van der Waals surface area contributed by atoms with Crippen LogP contribution in [0.25, 0.3) is 0 Å². The van der Waals surface area contributed by atoms with Gasteiger partial charge in [-0.25, -0.2) is 4.79 Å². The zero-order valence-corrected chi connectivity index (χ0v) is 12.2. The Bertz CT molecular complexity index is 458. The summed E-state index contributed by atoms with van der Waals surface area (Å²) < 4.78 is 9.81. The van der Waals surface area contributed by atoms with Gasteiger partial charge in [-0.2, -0.15) is 0 Å². The highest BCUT2D eigenvalue weighted by Gasteiger charge is 2.11. The highest BCUT2D eigenvalue weighted by molar-refractivity contribution is 5.91. The summed E-state index contributed by atoms with van der Waals surface area (Å²) in [5.41, 5.74) is 6.67. The zero-order valence-electron chi connectivity index (χ0n) is 12.2. The number of ether oxygens (including phenoxy) is 2. The van der Waals surface area contributed by atoms with Crippen LogP contribution in [0, 0.1) is 0 Å².